The first-order chi connectivity index (χ1) is 12.4. The van der Waals surface area contributed by atoms with Crippen LogP contribution in [0.15, 0.2) is 36.4 Å². The Morgan fingerprint density at radius 3 is 1.67 bits per heavy atom. The van der Waals surface area contributed by atoms with Gasteiger partial charge in [0.1, 0.15) is 6.67 Å². The van der Waals surface area contributed by atoms with E-state index >= 15 is 0 Å². The predicted molar refractivity (Wildman–Crippen MR) is 92.4 cm³/mol. The normalized spacial score (nSPS) is 12.3. The van der Waals surface area contributed by atoms with E-state index in [2.05, 4.69) is 0 Å². The Hall–Kier alpha value is -1.96. The minimum absolute atomic E-state index is 0.00129. The second-order valence-electron chi connectivity index (χ2n) is 6.27. The zero-order valence-corrected chi connectivity index (χ0v) is 15.0. The quantitative estimate of drug-likeness (QED) is 0.394. The molecule has 0 amide bonds. The summed E-state index contributed by atoms with van der Waals surface area (Å²) in [7, 11) is 0. The van der Waals surface area contributed by atoms with Gasteiger partial charge in [0, 0.05) is 17.7 Å². The Morgan fingerprint density at radius 2 is 1.19 bits per heavy atom. The summed E-state index contributed by atoms with van der Waals surface area (Å²) in [6.07, 6.45) is -9.19. The third-order valence-corrected chi connectivity index (χ3v) is 4.09. The fourth-order valence-corrected chi connectivity index (χ4v) is 3.08. The minimum Gasteiger partial charge on any atom is -0.246 e. The van der Waals surface area contributed by atoms with Gasteiger partial charge in [-0.1, -0.05) is 29.9 Å². The fraction of sp³-hybridized carbons (Fsp3) is 0.316. The topological polar surface area (TPSA) is 0 Å². The highest BCUT2D eigenvalue weighted by molar-refractivity contribution is 7.80. The molecule has 0 saturated carbocycles. The van der Waals surface area contributed by atoms with E-state index in [1.54, 1.807) is 6.07 Å². The van der Waals surface area contributed by atoms with Crippen LogP contribution < -0.4 is 0 Å². The van der Waals surface area contributed by atoms with Gasteiger partial charge in [-0.25, -0.2) is 4.39 Å². The summed E-state index contributed by atoms with van der Waals surface area (Å²) >= 11 is 5.16. The molecule has 0 saturated heterocycles. The Morgan fingerprint density at radius 1 is 0.741 bits per heavy atom. The standard InChI is InChI=1S/C19H15F7S/c1-11-2-12(5-15(3-11)18(21,22)23)8-17(27)9-13-4-14(10-20)7-16(6-13)19(24,25)26/h2-7H,8-10H2,1H3. The molecule has 2 aromatic rings. The maximum atomic E-state index is 12.9. The van der Waals surface area contributed by atoms with Gasteiger partial charge in [0.15, 0.2) is 0 Å². The van der Waals surface area contributed by atoms with Crippen molar-refractivity contribution in [2.45, 2.75) is 38.8 Å². The van der Waals surface area contributed by atoms with Crippen LogP contribution in [0.25, 0.3) is 0 Å². The molecular formula is C19H15F7S. The second-order valence-corrected chi connectivity index (χ2v) is 6.84. The van der Waals surface area contributed by atoms with E-state index in [1.165, 1.54) is 13.0 Å². The molecule has 0 aliphatic heterocycles. The zero-order chi connectivity index (χ0) is 20.4. The largest absolute Gasteiger partial charge is 0.416 e. The predicted octanol–water partition coefficient (Wildman–Crippen LogP) is 6.66. The van der Waals surface area contributed by atoms with Crippen LogP contribution >= 0.6 is 12.2 Å². The van der Waals surface area contributed by atoms with Crippen LogP contribution in [-0.2, 0) is 31.9 Å². The molecule has 0 fully saturated rings. The van der Waals surface area contributed by atoms with Crippen LogP contribution in [0, 0.1) is 6.92 Å². The summed E-state index contributed by atoms with van der Waals surface area (Å²) in [6, 6.07) is 6.40. The number of hydrogen-bond acceptors (Lipinski definition) is 1. The molecule has 0 spiro atoms. The van der Waals surface area contributed by atoms with Crippen molar-refractivity contribution in [1.29, 1.82) is 0 Å². The average Bonchev–Trinajstić information content (AvgIpc) is 2.52. The van der Waals surface area contributed by atoms with Gasteiger partial charge in [-0.2, -0.15) is 26.3 Å². The van der Waals surface area contributed by atoms with Crippen molar-refractivity contribution in [3.63, 3.8) is 0 Å². The number of benzene rings is 2. The number of halogens is 7. The molecule has 0 radical (unpaired) electrons. The highest BCUT2D eigenvalue weighted by atomic mass is 32.1. The average molecular weight is 408 g/mol. The Kier molecular flexibility index (Phi) is 6.29. The Bertz CT molecular complexity index is 835. The van der Waals surface area contributed by atoms with Crippen molar-refractivity contribution in [1.82, 2.24) is 0 Å². The lowest BCUT2D eigenvalue weighted by Gasteiger charge is -2.13. The lowest BCUT2D eigenvalue weighted by Crippen LogP contribution is -2.10. The van der Waals surface area contributed by atoms with Crippen molar-refractivity contribution in [2.75, 3.05) is 0 Å². The zero-order valence-electron chi connectivity index (χ0n) is 14.1. The van der Waals surface area contributed by atoms with Gasteiger partial charge >= 0.3 is 12.4 Å². The summed E-state index contributed by atoms with van der Waals surface area (Å²) < 4.78 is 90.3. The number of rotatable bonds is 5. The van der Waals surface area contributed by atoms with Gasteiger partial charge in [-0.3, -0.25) is 0 Å². The monoisotopic (exact) mass is 408 g/mol. The van der Waals surface area contributed by atoms with Crippen molar-refractivity contribution in [3.05, 3.63) is 69.8 Å². The maximum Gasteiger partial charge on any atom is 0.416 e. The van der Waals surface area contributed by atoms with E-state index in [4.69, 9.17) is 12.2 Å². The molecule has 0 aliphatic rings. The van der Waals surface area contributed by atoms with Gasteiger partial charge in [-0.05, 0) is 47.9 Å². The van der Waals surface area contributed by atoms with Gasteiger partial charge in [0.25, 0.3) is 0 Å². The van der Waals surface area contributed by atoms with Crippen molar-refractivity contribution in [2.24, 2.45) is 0 Å². The highest BCUT2D eigenvalue weighted by Crippen LogP contribution is 2.32. The molecule has 146 valence electrons. The maximum absolute atomic E-state index is 12.9. The molecule has 0 heterocycles. The van der Waals surface area contributed by atoms with Crippen molar-refractivity contribution < 1.29 is 30.7 Å². The first-order valence-electron chi connectivity index (χ1n) is 7.84. The van der Waals surface area contributed by atoms with Gasteiger partial charge in [-0.15, -0.1) is 0 Å². The highest BCUT2D eigenvalue weighted by Gasteiger charge is 2.32. The van der Waals surface area contributed by atoms with E-state index in [0.29, 0.717) is 11.1 Å². The van der Waals surface area contributed by atoms with E-state index < -0.39 is 30.2 Å². The van der Waals surface area contributed by atoms with Crippen molar-refractivity contribution in [3.8, 4) is 0 Å². The van der Waals surface area contributed by atoms with Crippen LogP contribution in [0.5, 0.6) is 0 Å². The van der Waals surface area contributed by atoms with Crippen LogP contribution in [0.4, 0.5) is 30.7 Å². The second kappa shape index (κ2) is 7.96. The summed E-state index contributed by atoms with van der Waals surface area (Å²) in [5.74, 6) is 0. The molecule has 0 aliphatic carbocycles. The number of thiocarbonyl (C=S) groups is 1. The van der Waals surface area contributed by atoms with Crippen LogP contribution in [-0.4, -0.2) is 4.86 Å². The Labute approximate surface area is 157 Å². The summed E-state index contributed by atoms with van der Waals surface area (Å²) in [6.45, 7) is 0.457. The first-order valence-corrected chi connectivity index (χ1v) is 8.25. The molecule has 8 heteroatoms. The van der Waals surface area contributed by atoms with E-state index in [9.17, 15) is 30.7 Å². The SMILES string of the molecule is Cc1cc(CC(=S)Cc2cc(CF)cc(C(F)(F)F)c2)cc(C(F)(F)F)c1. The van der Waals surface area contributed by atoms with Crippen LogP contribution in [0.1, 0.15) is 33.4 Å². The molecule has 2 rings (SSSR count). The molecule has 0 atom stereocenters. The smallest absolute Gasteiger partial charge is 0.246 e. The molecule has 0 bridgehead atoms. The summed E-state index contributed by atoms with van der Waals surface area (Å²) in [5, 5.41) is 0. The fourth-order valence-electron chi connectivity index (χ4n) is 2.75. The molecule has 0 aromatic heterocycles. The van der Waals surface area contributed by atoms with E-state index in [1.807, 2.05) is 0 Å². The molecule has 0 unspecified atom stereocenters. The summed E-state index contributed by atoms with van der Waals surface area (Å²) in [4.78, 5) is 0.262. The van der Waals surface area contributed by atoms with Crippen LogP contribution in [0.3, 0.4) is 0 Å². The van der Waals surface area contributed by atoms with Gasteiger partial charge in [0.05, 0.1) is 11.1 Å². The number of alkyl halides is 7. The molecular weight excluding hydrogens is 393 g/mol. The van der Waals surface area contributed by atoms with E-state index in [0.717, 1.165) is 24.3 Å². The number of aryl methyl sites for hydroxylation is 1. The van der Waals surface area contributed by atoms with Gasteiger partial charge < -0.3 is 0 Å². The van der Waals surface area contributed by atoms with Crippen LogP contribution in [0.2, 0.25) is 0 Å². The number of hydrogen-bond donors (Lipinski definition) is 0. The minimum atomic E-state index is -4.63. The molecule has 27 heavy (non-hydrogen) atoms. The first kappa shape index (κ1) is 21.3. The third kappa shape index (κ3) is 6.02. The lowest BCUT2D eigenvalue weighted by molar-refractivity contribution is -0.138. The summed E-state index contributed by atoms with van der Waals surface area (Å²) in [5.41, 5.74) is -1.01. The van der Waals surface area contributed by atoms with Gasteiger partial charge in [0.2, 0.25) is 0 Å². The molecule has 2 aromatic carbocycles. The lowest BCUT2D eigenvalue weighted by atomic mass is 9.98. The molecule has 0 nitrogen and oxygen atoms in total. The Balaban J connectivity index is 2.23. The third-order valence-electron chi connectivity index (χ3n) is 3.80. The van der Waals surface area contributed by atoms with E-state index in [-0.39, 0.29) is 28.8 Å². The van der Waals surface area contributed by atoms with Crippen molar-refractivity contribution >= 4 is 17.1 Å². The molecule has 0 N–H and O–H groups in total.